The Kier molecular flexibility index (Phi) is 60.8. The normalized spacial score (nSPS) is 12.9. The summed E-state index contributed by atoms with van der Waals surface area (Å²) in [5.74, 6) is -0.913. The summed E-state index contributed by atoms with van der Waals surface area (Å²) < 4.78 is 16.9. The molecule has 0 saturated carbocycles. The third-order valence-electron chi connectivity index (χ3n) is 13.4. The second kappa shape index (κ2) is 64.3. The number of allylic oxidation sites excluding steroid dienone is 20. The van der Waals surface area contributed by atoms with Gasteiger partial charge in [0.15, 0.2) is 6.10 Å². The van der Waals surface area contributed by atoms with Crippen LogP contribution in [0.25, 0.3) is 0 Å². The van der Waals surface area contributed by atoms with Crippen molar-refractivity contribution in [2.24, 2.45) is 0 Å². The minimum atomic E-state index is -0.795. The van der Waals surface area contributed by atoms with E-state index >= 15 is 0 Å². The number of unbranched alkanes of at least 4 members (excludes halogenated alkanes) is 26. The Balaban J connectivity index is 4.35. The first kappa shape index (κ1) is 72.8. The lowest BCUT2D eigenvalue weighted by Gasteiger charge is -2.18. The highest BCUT2D eigenvalue weighted by Crippen LogP contribution is 2.16. The molecule has 0 rings (SSSR count). The molecule has 0 N–H and O–H groups in total. The quantitative estimate of drug-likeness (QED) is 0.0261. The van der Waals surface area contributed by atoms with Crippen molar-refractivity contribution in [3.8, 4) is 0 Å². The third-order valence-corrected chi connectivity index (χ3v) is 13.4. The van der Waals surface area contributed by atoms with Gasteiger partial charge in [-0.15, -0.1) is 0 Å². The molecule has 1 atom stereocenters. The van der Waals surface area contributed by atoms with Gasteiger partial charge >= 0.3 is 17.9 Å². The van der Waals surface area contributed by atoms with E-state index < -0.39 is 6.10 Å². The summed E-state index contributed by atoms with van der Waals surface area (Å²) in [7, 11) is 0. The fourth-order valence-corrected chi connectivity index (χ4v) is 8.69. The molecule has 0 aromatic rings. The van der Waals surface area contributed by atoms with Gasteiger partial charge in [0.05, 0.1) is 0 Å². The first-order chi connectivity index (χ1) is 38.0. The number of carbonyl (C=O) groups excluding carboxylic acids is 3. The van der Waals surface area contributed by atoms with Crippen molar-refractivity contribution < 1.29 is 28.6 Å². The first-order valence-electron chi connectivity index (χ1n) is 32.0. The molecule has 0 heterocycles. The number of ether oxygens (including phenoxy) is 3. The summed E-state index contributed by atoms with van der Waals surface area (Å²) in [5.41, 5.74) is 0. The minimum Gasteiger partial charge on any atom is -0.462 e. The van der Waals surface area contributed by atoms with E-state index in [0.29, 0.717) is 19.3 Å². The molecule has 0 aromatic heterocycles. The zero-order valence-corrected chi connectivity index (χ0v) is 50.2. The topological polar surface area (TPSA) is 78.9 Å². The van der Waals surface area contributed by atoms with E-state index in [4.69, 9.17) is 14.2 Å². The van der Waals surface area contributed by atoms with Gasteiger partial charge in [-0.05, 0) is 128 Å². The molecule has 6 nitrogen and oxygen atoms in total. The van der Waals surface area contributed by atoms with Crippen LogP contribution in [-0.4, -0.2) is 37.2 Å². The van der Waals surface area contributed by atoms with Crippen LogP contribution in [0, 0.1) is 0 Å². The number of esters is 3. The van der Waals surface area contributed by atoms with Crippen LogP contribution in [0.15, 0.2) is 122 Å². The maximum atomic E-state index is 12.9. The summed E-state index contributed by atoms with van der Waals surface area (Å²) in [6.45, 7) is 6.38. The number of carbonyl (C=O) groups is 3. The summed E-state index contributed by atoms with van der Waals surface area (Å²) >= 11 is 0. The SMILES string of the molecule is CC/C=C\C/C=C\C/C=C\C/C=C\C/C=C\CCCCCCCCCCCCCC(=O)OCC(COC(=O)CCCCCCC/C=C\C/C=C\C/C=C\CC)OC(=O)CCCCCCCCC/C=C\C/C=C\CCCCC. The lowest BCUT2D eigenvalue weighted by molar-refractivity contribution is -0.167. The van der Waals surface area contributed by atoms with Crippen molar-refractivity contribution in [2.75, 3.05) is 13.2 Å². The van der Waals surface area contributed by atoms with Crippen molar-refractivity contribution >= 4 is 17.9 Å². The average molecular weight is 1070 g/mol. The third kappa shape index (κ3) is 62.5. The van der Waals surface area contributed by atoms with Gasteiger partial charge in [-0.2, -0.15) is 0 Å². The zero-order chi connectivity index (χ0) is 55.7. The average Bonchev–Trinajstić information content (AvgIpc) is 3.43. The van der Waals surface area contributed by atoms with Crippen LogP contribution in [-0.2, 0) is 28.6 Å². The van der Waals surface area contributed by atoms with E-state index in [1.54, 1.807) is 0 Å². The number of hydrogen-bond donors (Lipinski definition) is 0. The van der Waals surface area contributed by atoms with Crippen molar-refractivity contribution in [2.45, 2.75) is 297 Å². The fraction of sp³-hybridized carbons (Fsp3) is 0.676. The van der Waals surface area contributed by atoms with E-state index in [-0.39, 0.29) is 31.1 Å². The molecule has 0 saturated heterocycles. The van der Waals surface area contributed by atoms with Gasteiger partial charge in [-0.25, -0.2) is 0 Å². The monoisotopic (exact) mass is 1070 g/mol. The number of rotatable bonds is 57. The molecule has 0 bridgehead atoms. The molecule has 0 aliphatic carbocycles. The summed E-state index contributed by atoms with van der Waals surface area (Å²) in [5, 5.41) is 0. The van der Waals surface area contributed by atoms with Crippen molar-refractivity contribution in [1.29, 1.82) is 0 Å². The second-order valence-corrected chi connectivity index (χ2v) is 20.9. The maximum Gasteiger partial charge on any atom is 0.306 e. The molecule has 0 aliphatic heterocycles. The Labute approximate surface area is 475 Å². The van der Waals surface area contributed by atoms with Gasteiger partial charge < -0.3 is 14.2 Å². The van der Waals surface area contributed by atoms with Crippen LogP contribution in [0.1, 0.15) is 290 Å². The minimum absolute atomic E-state index is 0.0901. The van der Waals surface area contributed by atoms with Crippen molar-refractivity contribution in [3.05, 3.63) is 122 Å². The predicted molar refractivity (Wildman–Crippen MR) is 334 cm³/mol. The lowest BCUT2D eigenvalue weighted by Crippen LogP contribution is -2.30. The smallest absolute Gasteiger partial charge is 0.306 e. The molecule has 0 aliphatic rings. The molecule has 6 heteroatoms. The molecule has 0 fully saturated rings. The van der Waals surface area contributed by atoms with Gasteiger partial charge in [0, 0.05) is 19.3 Å². The summed E-state index contributed by atoms with van der Waals surface area (Å²) in [6.07, 6.45) is 89.1. The van der Waals surface area contributed by atoms with Crippen LogP contribution >= 0.6 is 0 Å². The highest BCUT2D eigenvalue weighted by Gasteiger charge is 2.19. The van der Waals surface area contributed by atoms with Gasteiger partial charge in [0.1, 0.15) is 13.2 Å². The maximum absolute atomic E-state index is 12.9. The fourth-order valence-electron chi connectivity index (χ4n) is 8.69. The highest BCUT2D eigenvalue weighted by atomic mass is 16.6. The highest BCUT2D eigenvalue weighted by molar-refractivity contribution is 5.71. The van der Waals surface area contributed by atoms with Gasteiger partial charge in [-0.3, -0.25) is 14.4 Å². The van der Waals surface area contributed by atoms with E-state index in [1.807, 2.05) is 0 Å². The molecular formula is C71H118O6. The molecule has 1 unspecified atom stereocenters. The molecule has 0 spiro atoms. The Morgan fingerprint density at radius 2 is 0.506 bits per heavy atom. The van der Waals surface area contributed by atoms with Gasteiger partial charge in [0.25, 0.3) is 0 Å². The second-order valence-electron chi connectivity index (χ2n) is 20.9. The molecule has 438 valence electrons. The molecule has 0 radical (unpaired) electrons. The predicted octanol–water partition coefficient (Wildman–Crippen LogP) is 22.0. The zero-order valence-electron chi connectivity index (χ0n) is 50.2. The van der Waals surface area contributed by atoms with Crippen LogP contribution < -0.4 is 0 Å². The van der Waals surface area contributed by atoms with E-state index in [2.05, 4.69) is 142 Å². The molecule has 0 aromatic carbocycles. The van der Waals surface area contributed by atoms with Crippen LogP contribution in [0.3, 0.4) is 0 Å². The Morgan fingerprint density at radius 1 is 0.273 bits per heavy atom. The van der Waals surface area contributed by atoms with E-state index in [1.165, 1.54) is 109 Å². The standard InChI is InChI=1S/C71H118O6/c1-4-7-10-13-16-19-22-25-28-30-31-32-33-34-35-36-37-38-39-41-43-46-49-52-55-58-61-64-70(73)76-67-68(66-75-69(72)63-60-57-54-51-48-45-42-27-24-21-18-15-12-9-6-3)77-71(74)65-62-59-56-53-50-47-44-40-29-26-23-20-17-14-11-8-5-2/h7,9-10,12,16-21,25-29,31-32,34-35,42,68H,4-6,8,11,13-15,22-24,30,33,36-41,43-67H2,1-3H3/b10-7-,12-9-,19-16-,20-17-,21-18-,28-25-,29-26-,32-31-,35-34-,42-27-. The lowest BCUT2D eigenvalue weighted by atomic mass is 10.0. The first-order valence-corrected chi connectivity index (χ1v) is 32.0. The Morgan fingerprint density at radius 3 is 0.792 bits per heavy atom. The van der Waals surface area contributed by atoms with E-state index in [0.717, 1.165) is 141 Å². The van der Waals surface area contributed by atoms with Gasteiger partial charge in [0.2, 0.25) is 0 Å². The molecular weight excluding hydrogens is 949 g/mol. The van der Waals surface area contributed by atoms with Crippen LogP contribution in [0.4, 0.5) is 0 Å². The van der Waals surface area contributed by atoms with Crippen molar-refractivity contribution in [1.82, 2.24) is 0 Å². The molecule has 0 amide bonds. The van der Waals surface area contributed by atoms with Gasteiger partial charge in [-0.1, -0.05) is 264 Å². The van der Waals surface area contributed by atoms with Crippen LogP contribution in [0.2, 0.25) is 0 Å². The van der Waals surface area contributed by atoms with E-state index in [9.17, 15) is 14.4 Å². The summed E-state index contributed by atoms with van der Waals surface area (Å²) in [6, 6.07) is 0. The summed E-state index contributed by atoms with van der Waals surface area (Å²) in [4.78, 5) is 38.3. The molecule has 77 heavy (non-hydrogen) atoms. The number of hydrogen-bond acceptors (Lipinski definition) is 6. The van der Waals surface area contributed by atoms with Crippen LogP contribution in [0.5, 0.6) is 0 Å². The Bertz CT molecular complexity index is 1600. The van der Waals surface area contributed by atoms with Crippen molar-refractivity contribution in [3.63, 3.8) is 0 Å². The largest absolute Gasteiger partial charge is 0.462 e. The Hall–Kier alpha value is -4.19.